The zero-order valence-corrected chi connectivity index (χ0v) is 8.47. The molecule has 0 aromatic rings. The van der Waals surface area contributed by atoms with E-state index in [1.807, 2.05) is 6.92 Å². The first-order chi connectivity index (χ1) is 4.56. The summed E-state index contributed by atoms with van der Waals surface area (Å²) < 4.78 is 5.09. The highest BCUT2D eigenvalue weighted by Gasteiger charge is 2.27. The van der Waals surface area contributed by atoms with Gasteiger partial charge < -0.3 is 15.9 Å². The standard InChI is InChI=1S/C6H18N2OSi/c1-4-6(8,5(2)7)10-9-3/h5H,4,7-8,10H2,1-3H3. The zero-order chi connectivity index (χ0) is 8.20. The van der Waals surface area contributed by atoms with E-state index in [0.29, 0.717) is 0 Å². The molecule has 0 spiro atoms. The van der Waals surface area contributed by atoms with Crippen molar-refractivity contribution in [2.45, 2.75) is 31.5 Å². The molecule has 0 rings (SSSR count). The van der Waals surface area contributed by atoms with Crippen molar-refractivity contribution < 1.29 is 4.43 Å². The molecule has 10 heavy (non-hydrogen) atoms. The molecular weight excluding hydrogens is 144 g/mol. The van der Waals surface area contributed by atoms with Crippen molar-refractivity contribution in [2.24, 2.45) is 11.5 Å². The minimum Gasteiger partial charge on any atom is -0.425 e. The Balaban J connectivity index is 3.94. The van der Waals surface area contributed by atoms with Gasteiger partial charge in [0.05, 0.1) is 0 Å². The maximum Gasteiger partial charge on any atom is 0.182 e. The van der Waals surface area contributed by atoms with Gasteiger partial charge in [-0.2, -0.15) is 0 Å². The lowest BCUT2D eigenvalue weighted by atomic mass is 10.1. The Morgan fingerprint density at radius 1 is 1.70 bits per heavy atom. The summed E-state index contributed by atoms with van der Waals surface area (Å²) in [7, 11) is 1.04. The summed E-state index contributed by atoms with van der Waals surface area (Å²) in [5, 5.41) is -0.214. The predicted octanol–water partition coefficient (Wildman–Crippen LogP) is -0.871. The van der Waals surface area contributed by atoms with Crippen molar-refractivity contribution in [2.75, 3.05) is 7.11 Å². The predicted molar refractivity (Wildman–Crippen MR) is 46.4 cm³/mol. The Bertz CT molecular complexity index is 99.7. The Morgan fingerprint density at radius 3 is 2.30 bits per heavy atom. The number of rotatable bonds is 4. The van der Waals surface area contributed by atoms with Crippen molar-refractivity contribution in [1.82, 2.24) is 0 Å². The lowest BCUT2D eigenvalue weighted by Crippen LogP contribution is -2.58. The van der Waals surface area contributed by atoms with Crippen LogP contribution in [0.2, 0.25) is 0 Å². The monoisotopic (exact) mass is 162 g/mol. The normalized spacial score (nSPS) is 21.3. The fraction of sp³-hybridized carbons (Fsp3) is 1.00. The molecule has 0 aliphatic rings. The van der Waals surface area contributed by atoms with E-state index in [4.69, 9.17) is 15.9 Å². The van der Waals surface area contributed by atoms with E-state index in [1.165, 1.54) is 0 Å². The fourth-order valence-corrected chi connectivity index (χ4v) is 1.83. The highest BCUT2D eigenvalue weighted by atomic mass is 28.2. The van der Waals surface area contributed by atoms with Gasteiger partial charge in [-0.15, -0.1) is 0 Å². The summed E-state index contributed by atoms with van der Waals surface area (Å²) >= 11 is 0. The minimum absolute atomic E-state index is 0.0455. The Kier molecular flexibility index (Phi) is 4.11. The molecule has 62 valence electrons. The second kappa shape index (κ2) is 4.08. The first-order valence-corrected chi connectivity index (χ1v) is 4.88. The van der Waals surface area contributed by atoms with Crippen molar-refractivity contribution in [3.05, 3.63) is 0 Å². The van der Waals surface area contributed by atoms with Crippen LogP contribution in [0, 0.1) is 0 Å². The fourth-order valence-electron chi connectivity index (χ4n) is 0.824. The summed E-state index contributed by atoms with van der Waals surface area (Å²) in [5.74, 6) is 0. The number of hydrogen-bond acceptors (Lipinski definition) is 3. The average molecular weight is 162 g/mol. The molecule has 4 N–H and O–H groups in total. The summed E-state index contributed by atoms with van der Waals surface area (Å²) in [6, 6.07) is 0.0455. The van der Waals surface area contributed by atoms with Crippen molar-refractivity contribution in [1.29, 1.82) is 0 Å². The zero-order valence-electron chi connectivity index (χ0n) is 7.05. The van der Waals surface area contributed by atoms with Crippen LogP contribution in [0.4, 0.5) is 0 Å². The molecule has 0 amide bonds. The van der Waals surface area contributed by atoms with E-state index >= 15 is 0 Å². The quantitative estimate of drug-likeness (QED) is 0.528. The molecule has 0 bridgehead atoms. The maximum absolute atomic E-state index is 5.96. The highest BCUT2D eigenvalue weighted by molar-refractivity contribution is 6.32. The Hall–Kier alpha value is 0.0969. The van der Waals surface area contributed by atoms with Crippen LogP contribution in [-0.4, -0.2) is 28.1 Å². The van der Waals surface area contributed by atoms with Gasteiger partial charge in [0.2, 0.25) is 0 Å². The lowest BCUT2D eigenvalue weighted by Gasteiger charge is -2.30. The van der Waals surface area contributed by atoms with Gasteiger partial charge in [0.15, 0.2) is 9.76 Å². The summed E-state index contributed by atoms with van der Waals surface area (Å²) in [5.41, 5.74) is 11.7. The van der Waals surface area contributed by atoms with Gasteiger partial charge >= 0.3 is 0 Å². The van der Waals surface area contributed by atoms with E-state index < -0.39 is 9.76 Å². The highest BCUT2D eigenvalue weighted by Crippen LogP contribution is 2.07. The molecule has 0 saturated carbocycles. The molecule has 2 atom stereocenters. The van der Waals surface area contributed by atoms with Crippen LogP contribution in [0.1, 0.15) is 20.3 Å². The molecular formula is C6H18N2OSi. The van der Waals surface area contributed by atoms with Gasteiger partial charge in [-0.3, -0.25) is 0 Å². The molecule has 3 nitrogen and oxygen atoms in total. The molecule has 0 heterocycles. The Labute approximate surface area is 65.1 Å². The third-order valence-corrected chi connectivity index (χ3v) is 3.95. The summed E-state index contributed by atoms with van der Waals surface area (Å²) in [6.07, 6.45) is 0.907. The minimum atomic E-state index is -0.655. The molecule has 0 aliphatic carbocycles. The van der Waals surface area contributed by atoms with Crippen molar-refractivity contribution in [3.63, 3.8) is 0 Å². The molecule has 0 radical (unpaired) electrons. The van der Waals surface area contributed by atoms with Gasteiger partial charge in [0, 0.05) is 18.3 Å². The van der Waals surface area contributed by atoms with E-state index in [1.54, 1.807) is 7.11 Å². The van der Waals surface area contributed by atoms with Crippen LogP contribution in [0.25, 0.3) is 0 Å². The third kappa shape index (κ3) is 2.38. The summed E-state index contributed by atoms with van der Waals surface area (Å²) in [4.78, 5) is 0. The molecule has 2 unspecified atom stereocenters. The molecule has 0 aliphatic heterocycles. The third-order valence-electron chi connectivity index (χ3n) is 1.98. The first kappa shape index (κ1) is 10.1. The average Bonchev–Trinajstić information content (AvgIpc) is 1.88. The van der Waals surface area contributed by atoms with Crippen LogP contribution in [-0.2, 0) is 4.43 Å². The molecule has 0 saturated heterocycles. The SMILES string of the molecule is CCC(N)([SiH2]OC)C(C)N. The molecule has 0 aromatic heterocycles. The van der Waals surface area contributed by atoms with E-state index in [-0.39, 0.29) is 11.2 Å². The van der Waals surface area contributed by atoms with Crippen LogP contribution in [0.5, 0.6) is 0 Å². The van der Waals surface area contributed by atoms with Gasteiger partial charge in [0.1, 0.15) is 0 Å². The van der Waals surface area contributed by atoms with Crippen molar-refractivity contribution >= 4 is 9.76 Å². The van der Waals surface area contributed by atoms with Gasteiger partial charge in [-0.25, -0.2) is 0 Å². The maximum atomic E-state index is 5.96. The van der Waals surface area contributed by atoms with Gasteiger partial charge in [-0.05, 0) is 13.3 Å². The van der Waals surface area contributed by atoms with Gasteiger partial charge in [-0.1, -0.05) is 6.92 Å². The largest absolute Gasteiger partial charge is 0.425 e. The van der Waals surface area contributed by atoms with Crippen LogP contribution in [0.15, 0.2) is 0 Å². The van der Waals surface area contributed by atoms with Crippen LogP contribution < -0.4 is 11.5 Å². The van der Waals surface area contributed by atoms with Crippen molar-refractivity contribution in [3.8, 4) is 0 Å². The summed E-state index contributed by atoms with van der Waals surface area (Å²) in [6.45, 7) is 3.99. The van der Waals surface area contributed by atoms with E-state index in [0.717, 1.165) is 6.42 Å². The first-order valence-electron chi connectivity index (χ1n) is 3.60. The number of hydrogen-bond donors (Lipinski definition) is 2. The second-order valence-corrected chi connectivity index (χ2v) is 4.99. The molecule has 0 aromatic carbocycles. The van der Waals surface area contributed by atoms with Crippen LogP contribution in [0.3, 0.4) is 0 Å². The second-order valence-electron chi connectivity index (χ2n) is 2.81. The van der Waals surface area contributed by atoms with E-state index in [2.05, 4.69) is 6.92 Å². The lowest BCUT2D eigenvalue weighted by molar-refractivity contribution is 0.370. The topological polar surface area (TPSA) is 61.3 Å². The molecule has 0 fully saturated rings. The smallest absolute Gasteiger partial charge is 0.182 e. The Morgan fingerprint density at radius 2 is 2.20 bits per heavy atom. The van der Waals surface area contributed by atoms with E-state index in [9.17, 15) is 0 Å². The van der Waals surface area contributed by atoms with Crippen LogP contribution >= 0.6 is 0 Å². The molecule has 4 heteroatoms. The number of nitrogens with two attached hydrogens (primary N) is 2. The van der Waals surface area contributed by atoms with Gasteiger partial charge in [0.25, 0.3) is 0 Å².